The standard InChI is InChI=1S/C7H7NO5/c1-4(9)2-5(7(12)13)8-3-6(10)11/h2-3,9H,1H2,(H,10,11)(H,12,13)/b5-2-,8-3?. The molecule has 0 heterocycles. The van der Waals surface area contributed by atoms with Crippen LogP contribution in [0.5, 0.6) is 0 Å². The molecule has 0 rings (SSSR count). The molecule has 0 atom stereocenters. The van der Waals surface area contributed by atoms with Gasteiger partial charge in [0.15, 0.2) is 5.70 Å². The minimum Gasteiger partial charge on any atom is -0.509 e. The van der Waals surface area contributed by atoms with Crippen LogP contribution in [0.4, 0.5) is 0 Å². The van der Waals surface area contributed by atoms with Crippen molar-refractivity contribution in [1.29, 1.82) is 0 Å². The van der Waals surface area contributed by atoms with Crippen LogP contribution in [-0.2, 0) is 9.59 Å². The van der Waals surface area contributed by atoms with E-state index >= 15 is 0 Å². The van der Waals surface area contributed by atoms with Crippen molar-refractivity contribution in [3.63, 3.8) is 0 Å². The SMILES string of the molecule is C=C(O)/C=C(\N=CC(=O)O)C(=O)O. The van der Waals surface area contributed by atoms with Crippen LogP contribution in [0, 0.1) is 0 Å². The number of aliphatic imine (C=N–C) groups is 1. The highest BCUT2D eigenvalue weighted by Gasteiger charge is 2.05. The monoisotopic (exact) mass is 185 g/mol. The second kappa shape index (κ2) is 4.70. The van der Waals surface area contributed by atoms with E-state index in [-0.39, 0.29) is 0 Å². The number of allylic oxidation sites excluding steroid dienone is 1. The number of hydrogen-bond acceptors (Lipinski definition) is 4. The lowest BCUT2D eigenvalue weighted by Crippen LogP contribution is -2.02. The summed E-state index contributed by atoms with van der Waals surface area (Å²) in [5.41, 5.74) is -0.602. The molecule has 0 aliphatic carbocycles. The summed E-state index contributed by atoms with van der Waals surface area (Å²) in [6.07, 6.45) is 1.14. The van der Waals surface area contributed by atoms with Crippen LogP contribution >= 0.6 is 0 Å². The van der Waals surface area contributed by atoms with E-state index in [1.54, 1.807) is 0 Å². The van der Waals surface area contributed by atoms with Crippen molar-refractivity contribution in [1.82, 2.24) is 0 Å². The third-order valence-corrected chi connectivity index (χ3v) is 0.837. The zero-order valence-corrected chi connectivity index (χ0v) is 6.47. The van der Waals surface area contributed by atoms with Gasteiger partial charge in [-0.25, -0.2) is 14.6 Å². The van der Waals surface area contributed by atoms with Crippen LogP contribution < -0.4 is 0 Å². The maximum Gasteiger partial charge on any atom is 0.354 e. The highest BCUT2D eigenvalue weighted by atomic mass is 16.4. The maximum absolute atomic E-state index is 10.3. The van der Waals surface area contributed by atoms with E-state index in [2.05, 4.69) is 11.6 Å². The van der Waals surface area contributed by atoms with Crippen molar-refractivity contribution in [2.75, 3.05) is 0 Å². The number of hydrogen-bond donors (Lipinski definition) is 3. The van der Waals surface area contributed by atoms with Crippen molar-refractivity contribution < 1.29 is 24.9 Å². The molecule has 0 aliphatic heterocycles. The van der Waals surface area contributed by atoms with E-state index in [1.165, 1.54) is 0 Å². The number of rotatable bonds is 4. The average Bonchev–Trinajstić information content (AvgIpc) is 1.96. The third-order valence-electron chi connectivity index (χ3n) is 0.837. The van der Waals surface area contributed by atoms with Gasteiger partial charge in [-0.2, -0.15) is 0 Å². The Balaban J connectivity index is 4.74. The van der Waals surface area contributed by atoms with Crippen molar-refractivity contribution in [3.8, 4) is 0 Å². The molecule has 0 unspecified atom stereocenters. The fourth-order valence-corrected chi connectivity index (χ4v) is 0.437. The number of carboxylic acids is 2. The minimum absolute atomic E-state index is 0.406. The van der Waals surface area contributed by atoms with Crippen molar-refractivity contribution in [3.05, 3.63) is 24.1 Å². The van der Waals surface area contributed by atoms with Crippen molar-refractivity contribution in [2.45, 2.75) is 0 Å². The van der Waals surface area contributed by atoms with Crippen LogP contribution in [-0.4, -0.2) is 33.5 Å². The normalized spacial score (nSPS) is 11.5. The van der Waals surface area contributed by atoms with Crippen LogP contribution in [0.1, 0.15) is 0 Å². The van der Waals surface area contributed by atoms with Crippen LogP contribution in [0.3, 0.4) is 0 Å². The second-order valence-corrected chi connectivity index (χ2v) is 1.92. The smallest absolute Gasteiger partial charge is 0.354 e. The van der Waals surface area contributed by atoms with Crippen LogP contribution in [0.2, 0.25) is 0 Å². The van der Waals surface area contributed by atoms with E-state index < -0.39 is 23.4 Å². The first-order chi connectivity index (χ1) is 5.93. The molecule has 6 heteroatoms. The lowest BCUT2D eigenvalue weighted by Gasteiger charge is -1.92. The highest BCUT2D eigenvalue weighted by Crippen LogP contribution is 1.99. The Morgan fingerprint density at radius 3 is 2.08 bits per heavy atom. The molecule has 0 fully saturated rings. The summed E-state index contributed by atoms with van der Waals surface area (Å²) in [6, 6.07) is 0. The van der Waals surface area contributed by atoms with Crippen molar-refractivity contribution >= 4 is 18.2 Å². The number of aliphatic carboxylic acids is 2. The third kappa shape index (κ3) is 5.19. The summed E-state index contributed by atoms with van der Waals surface area (Å²) in [7, 11) is 0. The molecule has 70 valence electrons. The van der Waals surface area contributed by atoms with Gasteiger partial charge in [-0.05, 0) is 0 Å². The predicted molar refractivity (Wildman–Crippen MR) is 43.6 cm³/mol. The molecule has 0 bridgehead atoms. The summed E-state index contributed by atoms with van der Waals surface area (Å²) >= 11 is 0. The molecule has 0 aromatic carbocycles. The van der Waals surface area contributed by atoms with Gasteiger partial charge in [-0.15, -0.1) is 0 Å². The summed E-state index contributed by atoms with van der Waals surface area (Å²) in [6.45, 7) is 3.00. The zero-order chi connectivity index (χ0) is 10.4. The van der Waals surface area contributed by atoms with Gasteiger partial charge in [0, 0.05) is 6.08 Å². The summed E-state index contributed by atoms with van der Waals surface area (Å²) in [4.78, 5) is 23.4. The Kier molecular flexibility index (Phi) is 3.94. The molecular formula is C7H7NO5. The van der Waals surface area contributed by atoms with Gasteiger partial charge in [-0.3, -0.25) is 0 Å². The maximum atomic E-state index is 10.3. The van der Waals surface area contributed by atoms with Gasteiger partial charge < -0.3 is 15.3 Å². The summed E-state index contributed by atoms with van der Waals surface area (Å²) < 4.78 is 0. The number of nitrogens with zero attached hydrogens (tertiary/aromatic N) is 1. The zero-order valence-electron chi connectivity index (χ0n) is 6.47. The lowest BCUT2D eigenvalue weighted by molar-refractivity contribution is -0.132. The Labute approximate surface area is 73.2 Å². The number of aliphatic hydroxyl groups excluding tert-OH is 1. The summed E-state index contributed by atoms with van der Waals surface area (Å²) in [5.74, 6) is -3.34. The Morgan fingerprint density at radius 1 is 1.23 bits per heavy atom. The van der Waals surface area contributed by atoms with E-state index in [9.17, 15) is 9.59 Å². The van der Waals surface area contributed by atoms with Gasteiger partial charge in [0.1, 0.15) is 12.0 Å². The molecule has 0 saturated heterocycles. The molecule has 6 nitrogen and oxygen atoms in total. The fraction of sp³-hybridized carbons (Fsp3) is 0. The average molecular weight is 185 g/mol. The summed E-state index contributed by atoms with van der Waals surface area (Å²) in [5, 5.41) is 25.1. The molecule has 0 aliphatic rings. The van der Waals surface area contributed by atoms with Gasteiger partial charge in [-0.1, -0.05) is 6.58 Å². The molecule has 0 aromatic rings. The van der Waals surface area contributed by atoms with E-state index in [0.717, 1.165) is 6.08 Å². The fourth-order valence-electron chi connectivity index (χ4n) is 0.437. The molecule has 3 N–H and O–H groups in total. The predicted octanol–water partition coefficient (Wildman–Crippen LogP) is 0.182. The van der Waals surface area contributed by atoms with E-state index in [0.29, 0.717) is 6.21 Å². The molecule has 0 aromatic heterocycles. The van der Waals surface area contributed by atoms with Gasteiger partial charge >= 0.3 is 11.9 Å². The number of aliphatic hydroxyl groups is 1. The highest BCUT2D eigenvalue weighted by molar-refractivity contribution is 6.22. The minimum atomic E-state index is -1.45. The Bertz CT molecular complexity index is 302. The molecule has 0 spiro atoms. The number of carboxylic acid groups (broad SMARTS) is 2. The first-order valence-corrected chi connectivity index (χ1v) is 3.03. The van der Waals surface area contributed by atoms with E-state index in [1.807, 2.05) is 0 Å². The molecule has 0 amide bonds. The Morgan fingerprint density at radius 2 is 1.77 bits per heavy atom. The number of carbonyl (C=O) groups is 2. The van der Waals surface area contributed by atoms with Gasteiger partial charge in [0.2, 0.25) is 0 Å². The van der Waals surface area contributed by atoms with Crippen molar-refractivity contribution in [2.24, 2.45) is 4.99 Å². The van der Waals surface area contributed by atoms with E-state index in [4.69, 9.17) is 15.3 Å². The molecular weight excluding hydrogens is 178 g/mol. The topological polar surface area (TPSA) is 107 Å². The second-order valence-electron chi connectivity index (χ2n) is 1.92. The quantitative estimate of drug-likeness (QED) is 0.250. The first-order valence-electron chi connectivity index (χ1n) is 3.03. The van der Waals surface area contributed by atoms with Crippen LogP contribution in [0.25, 0.3) is 0 Å². The largest absolute Gasteiger partial charge is 0.509 e. The van der Waals surface area contributed by atoms with Gasteiger partial charge in [0.05, 0.1) is 0 Å². The van der Waals surface area contributed by atoms with Gasteiger partial charge in [0.25, 0.3) is 0 Å². The van der Waals surface area contributed by atoms with Crippen LogP contribution in [0.15, 0.2) is 29.1 Å². The molecule has 0 radical (unpaired) electrons. The molecule has 0 saturated carbocycles. The first kappa shape index (κ1) is 10.9. The Hall–Kier alpha value is -2.11. The molecule has 13 heavy (non-hydrogen) atoms. The lowest BCUT2D eigenvalue weighted by atomic mass is 10.4.